The molecule has 0 aliphatic heterocycles. The van der Waals surface area contributed by atoms with E-state index in [0.29, 0.717) is 5.56 Å². The second kappa shape index (κ2) is 8.39. The first-order valence-electron chi connectivity index (χ1n) is 9.79. The third-order valence-corrected chi connectivity index (χ3v) is 5.49. The first kappa shape index (κ1) is 20.3. The minimum Gasteiger partial charge on any atom is -0.467 e. The molecule has 1 N–H and O–H groups in total. The number of nitrogens with one attached hydrogen (secondary N) is 1. The van der Waals surface area contributed by atoms with E-state index >= 15 is 0 Å². The second-order valence-corrected chi connectivity index (χ2v) is 7.32. The van der Waals surface area contributed by atoms with Crippen molar-refractivity contribution in [2.45, 2.75) is 18.4 Å². The summed E-state index contributed by atoms with van der Waals surface area (Å²) in [5.74, 6) is -1.41. The molecule has 0 heterocycles. The number of nitrogens with zero attached hydrogens (tertiary/aromatic N) is 1. The van der Waals surface area contributed by atoms with Crippen LogP contribution >= 0.6 is 0 Å². The van der Waals surface area contributed by atoms with E-state index in [1.807, 2.05) is 48.5 Å². The van der Waals surface area contributed by atoms with Gasteiger partial charge < -0.3 is 10.1 Å². The van der Waals surface area contributed by atoms with Gasteiger partial charge in [0.1, 0.15) is 6.04 Å². The van der Waals surface area contributed by atoms with Crippen LogP contribution < -0.4 is 5.32 Å². The Morgan fingerprint density at radius 1 is 0.968 bits per heavy atom. The van der Waals surface area contributed by atoms with Crippen LogP contribution in [0.5, 0.6) is 0 Å². The van der Waals surface area contributed by atoms with Crippen molar-refractivity contribution in [1.82, 2.24) is 5.32 Å². The van der Waals surface area contributed by atoms with E-state index in [1.165, 1.54) is 19.2 Å². The number of ether oxygens (including phenoxy) is 1. The van der Waals surface area contributed by atoms with Crippen LogP contribution in [0.25, 0.3) is 11.1 Å². The van der Waals surface area contributed by atoms with Crippen LogP contribution in [-0.2, 0) is 20.7 Å². The van der Waals surface area contributed by atoms with Crippen molar-refractivity contribution >= 4 is 17.6 Å². The Bertz CT molecular complexity index is 1110. The molecule has 0 spiro atoms. The Morgan fingerprint density at radius 2 is 1.52 bits per heavy atom. The number of non-ortho nitro benzene ring substituents is 1. The number of carbonyl (C=O) groups excluding carboxylic acids is 2. The fraction of sp³-hybridized carbons (Fsp3) is 0.167. The van der Waals surface area contributed by atoms with Gasteiger partial charge in [0.15, 0.2) is 0 Å². The average molecular weight is 416 g/mol. The Morgan fingerprint density at radius 3 is 2.03 bits per heavy atom. The molecular formula is C24H20N2O5. The van der Waals surface area contributed by atoms with Gasteiger partial charge in [-0.15, -0.1) is 0 Å². The molecule has 1 aliphatic rings. The van der Waals surface area contributed by atoms with Crippen molar-refractivity contribution in [2.75, 3.05) is 7.11 Å². The molecule has 156 valence electrons. The summed E-state index contributed by atoms with van der Waals surface area (Å²) >= 11 is 0. The first-order valence-corrected chi connectivity index (χ1v) is 9.79. The number of hydrogen-bond acceptors (Lipinski definition) is 5. The molecule has 1 atom stereocenters. The van der Waals surface area contributed by atoms with Crippen LogP contribution in [0.3, 0.4) is 0 Å². The number of amides is 1. The molecule has 0 fully saturated rings. The highest BCUT2D eigenvalue weighted by Gasteiger charge is 2.35. The molecule has 1 amide bonds. The summed E-state index contributed by atoms with van der Waals surface area (Å²) in [7, 11) is 1.26. The van der Waals surface area contributed by atoms with Crippen molar-refractivity contribution in [1.29, 1.82) is 0 Å². The third kappa shape index (κ3) is 3.90. The number of fused-ring (bicyclic) bond motifs is 3. The minimum atomic E-state index is -0.918. The van der Waals surface area contributed by atoms with Crippen molar-refractivity contribution in [3.63, 3.8) is 0 Å². The lowest BCUT2D eigenvalue weighted by Gasteiger charge is -2.20. The van der Waals surface area contributed by atoms with Crippen LogP contribution in [0, 0.1) is 10.1 Å². The molecule has 3 aromatic rings. The predicted octanol–water partition coefficient (Wildman–Crippen LogP) is 3.61. The quantitative estimate of drug-likeness (QED) is 0.376. The SMILES string of the molecule is COC(=O)[C@H](Cc1ccc([N+](=O)[O-])cc1)NC(=O)C1c2ccccc2-c2ccccc21. The summed E-state index contributed by atoms with van der Waals surface area (Å²) in [5, 5.41) is 13.7. The standard InChI is InChI=1S/C24H20N2O5/c1-31-24(28)21(14-15-10-12-16(13-11-15)26(29)30)25-23(27)22-19-8-4-2-6-17(19)18-7-3-5-9-20(18)22/h2-13,21-22H,14H2,1H3,(H,25,27)/t21-/m0/s1. The van der Waals surface area contributed by atoms with Crippen molar-refractivity contribution in [3.05, 3.63) is 99.6 Å². The number of nitro benzene ring substituents is 1. The predicted molar refractivity (Wildman–Crippen MR) is 114 cm³/mol. The van der Waals surface area contributed by atoms with Gasteiger partial charge in [0.25, 0.3) is 5.69 Å². The second-order valence-electron chi connectivity index (χ2n) is 7.32. The number of methoxy groups -OCH3 is 1. The molecule has 4 rings (SSSR count). The van der Waals surface area contributed by atoms with Crippen molar-refractivity contribution < 1.29 is 19.2 Å². The van der Waals surface area contributed by atoms with E-state index in [9.17, 15) is 19.7 Å². The van der Waals surface area contributed by atoms with E-state index in [-0.39, 0.29) is 18.0 Å². The summed E-state index contributed by atoms with van der Waals surface area (Å²) in [6.07, 6.45) is 0.159. The molecular weight excluding hydrogens is 396 g/mol. The summed E-state index contributed by atoms with van der Waals surface area (Å²) < 4.78 is 4.89. The molecule has 0 radical (unpaired) electrons. The average Bonchev–Trinajstić information content (AvgIpc) is 3.13. The smallest absolute Gasteiger partial charge is 0.328 e. The van der Waals surface area contributed by atoms with E-state index in [2.05, 4.69) is 5.32 Å². The van der Waals surface area contributed by atoms with Gasteiger partial charge in [-0.25, -0.2) is 4.79 Å². The molecule has 0 saturated heterocycles. The molecule has 7 heteroatoms. The van der Waals surface area contributed by atoms with E-state index < -0.39 is 22.9 Å². The topological polar surface area (TPSA) is 98.5 Å². The maximum atomic E-state index is 13.3. The highest BCUT2D eigenvalue weighted by atomic mass is 16.6. The van der Waals surface area contributed by atoms with E-state index in [0.717, 1.165) is 22.3 Å². The Balaban J connectivity index is 1.60. The van der Waals surface area contributed by atoms with Gasteiger partial charge in [0.2, 0.25) is 5.91 Å². The highest BCUT2D eigenvalue weighted by Crippen LogP contribution is 2.44. The molecule has 7 nitrogen and oxygen atoms in total. The summed E-state index contributed by atoms with van der Waals surface area (Å²) in [6.45, 7) is 0. The lowest BCUT2D eigenvalue weighted by molar-refractivity contribution is -0.384. The maximum Gasteiger partial charge on any atom is 0.328 e. The van der Waals surface area contributed by atoms with Gasteiger partial charge in [-0.05, 0) is 27.8 Å². The molecule has 0 saturated carbocycles. The van der Waals surface area contributed by atoms with Crippen LogP contribution in [0.4, 0.5) is 5.69 Å². The van der Waals surface area contributed by atoms with Gasteiger partial charge >= 0.3 is 5.97 Å². The molecule has 0 aromatic heterocycles. The lowest BCUT2D eigenvalue weighted by Crippen LogP contribution is -2.45. The fourth-order valence-corrected chi connectivity index (χ4v) is 4.02. The zero-order chi connectivity index (χ0) is 22.0. The molecule has 0 bridgehead atoms. The number of benzene rings is 3. The number of rotatable bonds is 6. The molecule has 31 heavy (non-hydrogen) atoms. The fourth-order valence-electron chi connectivity index (χ4n) is 4.02. The van der Waals surface area contributed by atoms with Crippen molar-refractivity contribution in [3.8, 4) is 11.1 Å². The van der Waals surface area contributed by atoms with Gasteiger partial charge in [-0.3, -0.25) is 14.9 Å². The zero-order valence-corrected chi connectivity index (χ0v) is 16.8. The summed E-state index contributed by atoms with van der Waals surface area (Å²) in [4.78, 5) is 36.1. The Hall–Kier alpha value is -4.00. The normalized spacial score (nSPS) is 13.1. The maximum absolute atomic E-state index is 13.3. The number of esters is 1. The van der Waals surface area contributed by atoms with E-state index in [4.69, 9.17) is 4.74 Å². The molecule has 1 aliphatic carbocycles. The van der Waals surface area contributed by atoms with Gasteiger partial charge in [-0.1, -0.05) is 60.7 Å². The van der Waals surface area contributed by atoms with Gasteiger partial charge in [0.05, 0.1) is 18.0 Å². The van der Waals surface area contributed by atoms with Gasteiger partial charge in [-0.2, -0.15) is 0 Å². The van der Waals surface area contributed by atoms with Crippen LogP contribution in [0.1, 0.15) is 22.6 Å². The monoisotopic (exact) mass is 416 g/mol. The molecule has 0 unspecified atom stereocenters. The number of hydrogen-bond donors (Lipinski definition) is 1. The lowest BCUT2D eigenvalue weighted by atomic mass is 9.95. The van der Waals surface area contributed by atoms with E-state index in [1.54, 1.807) is 12.1 Å². The van der Waals surface area contributed by atoms with Crippen molar-refractivity contribution in [2.24, 2.45) is 0 Å². The highest BCUT2D eigenvalue weighted by molar-refractivity contribution is 5.97. The number of carbonyl (C=O) groups is 2. The largest absolute Gasteiger partial charge is 0.467 e. The van der Waals surface area contributed by atoms with Crippen LogP contribution in [0.15, 0.2) is 72.8 Å². The Kier molecular flexibility index (Phi) is 5.49. The van der Waals surface area contributed by atoms with Crippen LogP contribution in [-0.4, -0.2) is 30.0 Å². The molecule has 3 aromatic carbocycles. The first-order chi connectivity index (χ1) is 15.0. The summed E-state index contributed by atoms with van der Waals surface area (Å²) in [5.41, 5.74) is 4.42. The Labute approximate surface area is 178 Å². The van der Waals surface area contributed by atoms with Gasteiger partial charge in [0, 0.05) is 18.6 Å². The summed E-state index contributed by atoms with van der Waals surface area (Å²) in [6, 6.07) is 20.4. The minimum absolute atomic E-state index is 0.0402. The number of nitro groups is 1. The zero-order valence-electron chi connectivity index (χ0n) is 16.8. The van der Waals surface area contributed by atoms with Crippen LogP contribution in [0.2, 0.25) is 0 Å². The third-order valence-electron chi connectivity index (χ3n) is 5.49.